The minimum atomic E-state index is 0.203. The van der Waals surface area contributed by atoms with Crippen LogP contribution in [-0.4, -0.2) is 5.78 Å². The lowest BCUT2D eigenvalue weighted by Gasteiger charge is -2.17. The first-order valence-electron chi connectivity index (χ1n) is 5.28. The second kappa shape index (κ2) is 5.46. The molecule has 0 aromatic heterocycles. The fraction of sp³-hybridized carbons (Fsp3) is 0.462. The molecule has 0 N–H and O–H groups in total. The number of benzene rings is 1. The van der Waals surface area contributed by atoms with Crippen molar-refractivity contribution in [2.24, 2.45) is 5.41 Å². The van der Waals surface area contributed by atoms with Gasteiger partial charge in [0.25, 0.3) is 0 Å². The summed E-state index contributed by atoms with van der Waals surface area (Å²) in [4.78, 5) is 12.0. The van der Waals surface area contributed by atoms with Gasteiger partial charge in [0.2, 0.25) is 0 Å². The van der Waals surface area contributed by atoms with Gasteiger partial charge in [-0.15, -0.1) is 0 Å². The fourth-order valence-electron chi connectivity index (χ4n) is 1.34. The zero-order chi connectivity index (χ0) is 12.3. The SMILES string of the molecule is CC(C)(C)CCC(=O)c1ccc(Br)cc1Br. The zero-order valence-corrected chi connectivity index (χ0v) is 13.0. The zero-order valence-electron chi connectivity index (χ0n) is 9.81. The van der Waals surface area contributed by atoms with E-state index in [0.717, 1.165) is 20.9 Å². The van der Waals surface area contributed by atoms with Crippen LogP contribution >= 0.6 is 31.9 Å². The van der Waals surface area contributed by atoms with E-state index >= 15 is 0 Å². The van der Waals surface area contributed by atoms with Gasteiger partial charge in [-0.25, -0.2) is 0 Å². The van der Waals surface area contributed by atoms with Crippen molar-refractivity contribution in [3.8, 4) is 0 Å². The van der Waals surface area contributed by atoms with Crippen LogP contribution in [0.15, 0.2) is 27.1 Å². The van der Waals surface area contributed by atoms with Crippen molar-refractivity contribution < 1.29 is 4.79 Å². The molecule has 0 spiro atoms. The molecule has 3 heteroatoms. The molecule has 0 unspecified atom stereocenters. The topological polar surface area (TPSA) is 17.1 Å². The normalized spacial score (nSPS) is 11.6. The summed E-state index contributed by atoms with van der Waals surface area (Å²) < 4.78 is 1.84. The van der Waals surface area contributed by atoms with Crippen molar-refractivity contribution in [2.45, 2.75) is 33.6 Å². The Hall–Kier alpha value is -0.150. The molecule has 0 aliphatic heterocycles. The maximum atomic E-state index is 12.0. The Labute approximate surface area is 114 Å². The molecule has 0 atom stereocenters. The van der Waals surface area contributed by atoms with Gasteiger partial charge in [0.15, 0.2) is 5.78 Å². The van der Waals surface area contributed by atoms with Crippen molar-refractivity contribution in [3.05, 3.63) is 32.7 Å². The van der Waals surface area contributed by atoms with Crippen LogP contribution in [0.2, 0.25) is 0 Å². The molecule has 0 aliphatic rings. The monoisotopic (exact) mass is 346 g/mol. The van der Waals surface area contributed by atoms with Gasteiger partial charge in [0, 0.05) is 20.9 Å². The number of Topliss-reactive ketones (excluding diaryl/α,β-unsaturated/α-hetero) is 1. The predicted molar refractivity (Wildman–Crippen MR) is 74.9 cm³/mol. The minimum absolute atomic E-state index is 0.203. The molecule has 88 valence electrons. The summed E-state index contributed by atoms with van der Waals surface area (Å²) in [6, 6.07) is 5.67. The Kier molecular flexibility index (Phi) is 4.74. The molecular formula is C13H16Br2O. The second-order valence-corrected chi connectivity index (χ2v) is 6.88. The Morgan fingerprint density at radius 2 is 1.88 bits per heavy atom. The number of hydrogen-bond acceptors (Lipinski definition) is 1. The van der Waals surface area contributed by atoms with Crippen LogP contribution in [0.4, 0.5) is 0 Å². The average Bonchev–Trinajstić information content (AvgIpc) is 2.13. The van der Waals surface area contributed by atoms with Gasteiger partial charge < -0.3 is 0 Å². The van der Waals surface area contributed by atoms with Crippen LogP contribution in [0.25, 0.3) is 0 Å². The molecule has 0 bridgehead atoms. The first kappa shape index (κ1) is 13.9. The third-order valence-electron chi connectivity index (χ3n) is 2.33. The van der Waals surface area contributed by atoms with E-state index in [1.807, 2.05) is 18.2 Å². The lowest BCUT2D eigenvalue weighted by molar-refractivity contribution is 0.0965. The highest BCUT2D eigenvalue weighted by Crippen LogP contribution is 2.26. The highest BCUT2D eigenvalue weighted by atomic mass is 79.9. The van der Waals surface area contributed by atoms with Gasteiger partial charge in [0.05, 0.1) is 0 Å². The van der Waals surface area contributed by atoms with E-state index in [4.69, 9.17) is 0 Å². The molecule has 1 nitrogen and oxygen atoms in total. The Balaban J connectivity index is 2.74. The van der Waals surface area contributed by atoms with E-state index in [1.54, 1.807) is 0 Å². The van der Waals surface area contributed by atoms with Gasteiger partial charge in [-0.05, 0) is 30.0 Å². The molecule has 0 radical (unpaired) electrons. The van der Waals surface area contributed by atoms with Crippen molar-refractivity contribution in [2.75, 3.05) is 0 Å². The molecule has 0 heterocycles. The van der Waals surface area contributed by atoms with Gasteiger partial charge in [-0.3, -0.25) is 4.79 Å². The van der Waals surface area contributed by atoms with Crippen molar-refractivity contribution in [3.63, 3.8) is 0 Å². The molecule has 16 heavy (non-hydrogen) atoms. The highest BCUT2D eigenvalue weighted by Gasteiger charge is 2.15. The average molecular weight is 348 g/mol. The summed E-state index contributed by atoms with van der Waals surface area (Å²) in [6.07, 6.45) is 1.51. The minimum Gasteiger partial charge on any atom is -0.294 e. The lowest BCUT2D eigenvalue weighted by atomic mass is 9.88. The number of rotatable bonds is 3. The van der Waals surface area contributed by atoms with Gasteiger partial charge >= 0.3 is 0 Å². The summed E-state index contributed by atoms with van der Waals surface area (Å²) >= 11 is 6.79. The molecule has 1 rings (SSSR count). The maximum absolute atomic E-state index is 12.0. The van der Waals surface area contributed by atoms with Crippen LogP contribution in [0.5, 0.6) is 0 Å². The third-order valence-corrected chi connectivity index (χ3v) is 3.48. The number of halogens is 2. The Bertz CT molecular complexity index is 391. The number of hydrogen-bond donors (Lipinski definition) is 0. The van der Waals surface area contributed by atoms with Crippen molar-refractivity contribution in [1.82, 2.24) is 0 Å². The molecule has 0 fully saturated rings. The standard InChI is InChI=1S/C13H16Br2O/c1-13(2,3)7-6-12(16)10-5-4-9(14)8-11(10)15/h4-5,8H,6-7H2,1-3H3. The summed E-state index contributed by atoms with van der Waals surface area (Å²) in [5.41, 5.74) is 0.977. The summed E-state index contributed by atoms with van der Waals surface area (Å²) in [6.45, 7) is 6.45. The van der Waals surface area contributed by atoms with Gasteiger partial charge in [-0.2, -0.15) is 0 Å². The summed E-state index contributed by atoms with van der Waals surface area (Å²) in [5.74, 6) is 0.203. The van der Waals surface area contributed by atoms with E-state index in [-0.39, 0.29) is 11.2 Å². The van der Waals surface area contributed by atoms with Crippen LogP contribution < -0.4 is 0 Å². The molecule has 1 aromatic carbocycles. The smallest absolute Gasteiger partial charge is 0.164 e. The first-order valence-corrected chi connectivity index (χ1v) is 6.86. The quantitative estimate of drug-likeness (QED) is 0.685. The van der Waals surface area contributed by atoms with Crippen molar-refractivity contribution in [1.29, 1.82) is 0 Å². The molecule has 0 saturated carbocycles. The third kappa shape index (κ3) is 4.38. The van der Waals surface area contributed by atoms with E-state index in [2.05, 4.69) is 52.6 Å². The Morgan fingerprint density at radius 3 is 2.38 bits per heavy atom. The van der Waals surface area contributed by atoms with Crippen LogP contribution in [0.1, 0.15) is 44.0 Å². The number of carbonyl (C=O) groups excluding carboxylic acids is 1. The lowest BCUT2D eigenvalue weighted by Crippen LogP contribution is -2.09. The Morgan fingerprint density at radius 1 is 1.25 bits per heavy atom. The van der Waals surface area contributed by atoms with E-state index in [9.17, 15) is 4.79 Å². The summed E-state index contributed by atoms with van der Waals surface area (Å²) in [5, 5.41) is 0. The van der Waals surface area contributed by atoms with E-state index in [1.165, 1.54) is 0 Å². The summed E-state index contributed by atoms with van der Waals surface area (Å²) in [7, 11) is 0. The molecular weight excluding hydrogens is 332 g/mol. The van der Waals surface area contributed by atoms with Crippen molar-refractivity contribution >= 4 is 37.6 Å². The maximum Gasteiger partial charge on any atom is 0.164 e. The molecule has 0 saturated heterocycles. The number of carbonyl (C=O) groups is 1. The predicted octanol–water partition coefficient (Wildman–Crippen LogP) is 5.22. The van der Waals surface area contributed by atoms with E-state index in [0.29, 0.717) is 6.42 Å². The largest absolute Gasteiger partial charge is 0.294 e. The van der Waals surface area contributed by atoms with Crippen LogP contribution in [0, 0.1) is 5.41 Å². The second-order valence-electron chi connectivity index (χ2n) is 5.11. The van der Waals surface area contributed by atoms with Gasteiger partial charge in [0.1, 0.15) is 0 Å². The highest BCUT2D eigenvalue weighted by molar-refractivity contribution is 9.11. The van der Waals surface area contributed by atoms with E-state index < -0.39 is 0 Å². The molecule has 0 aliphatic carbocycles. The van der Waals surface area contributed by atoms with Crippen LogP contribution in [0.3, 0.4) is 0 Å². The molecule has 0 amide bonds. The number of ketones is 1. The van der Waals surface area contributed by atoms with Gasteiger partial charge in [-0.1, -0.05) is 52.6 Å². The first-order chi connectivity index (χ1) is 7.29. The fourth-order valence-corrected chi connectivity index (χ4v) is 2.61. The molecule has 1 aromatic rings. The van der Waals surface area contributed by atoms with Crippen LogP contribution in [-0.2, 0) is 0 Å².